The molecule has 2 aromatic carbocycles. The van der Waals surface area contributed by atoms with E-state index in [4.69, 9.17) is 9.51 Å². The van der Waals surface area contributed by atoms with Crippen molar-refractivity contribution < 1.29 is 9.32 Å². The van der Waals surface area contributed by atoms with Crippen LogP contribution in [-0.4, -0.2) is 27.6 Å². The standard InChI is InChI=1S/C25H28N4O2/c1-6-12-29-18(5)21(22(26-25(29)30)19-11-10-16(3)17(4)14-19)24-27-23(28-31-24)20-9-7-8-15(2)13-20/h7-11,13-14,22H,6,12H2,1-5H3,(H,26,30). The summed E-state index contributed by atoms with van der Waals surface area (Å²) >= 11 is 0. The predicted molar refractivity (Wildman–Crippen MR) is 121 cm³/mol. The number of carbonyl (C=O) groups is 1. The number of aromatic nitrogens is 2. The van der Waals surface area contributed by atoms with E-state index in [9.17, 15) is 4.79 Å². The van der Waals surface area contributed by atoms with Gasteiger partial charge < -0.3 is 9.84 Å². The molecular formula is C25H28N4O2. The summed E-state index contributed by atoms with van der Waals surface area (Å²) in [6.45, 7) is 10.8. The zero-order valence-electron chi connectivity index (χ0n) is 18.7. The van der Waals surface area contributed by atoms with Gasteiger partial charge in [-0.15, -0.1) is 0 Å². The van der Waals surface area contributed by atoms with Crippen LogP contribution >= 0.6 is 0 Å². The first-order valence-corrected chi connectivity index (χ1v) is 10.7. The van der Waals surface area contributed by atoms with Gasteiger partial charge in [0.2, 0.25) is 5.82 Å². The summed E-state index contributed by atoms with van der Waals surface area (Å²) in [5.74, 6) is 0.968. The maximum Gasteiger partial charge on any atom is 0.322 e. The summed E-state index contributed by atoms with van der Waals surface area (Å²) in [5, 5.41) is 7.39. The molecule has 0 aliphatic carbocycles. The number of carbonyl (C=O) groups excluding carboxylic acids is 1. The van der Waals surface area contributed by atoms with Gasteiger partial charge >= 0.3 is 6.03 Å². The maximum atomic E-state index is 12.9. The van der Waals surface area contributed by atoms with Gasteiger partial charge in [-0.3, -0.25) is 4.90 Å². The molecule has 0 spiro atoms. The van der Waals surface area contributed by atoms with Gasteiger partial charge in [0.25, 0.3) is 5.89 Å². The van der Waals surface area contributed by atoms with Crippen molar-refractivity contribution in [3.63, 3.8) is 0 Å². The van der Waals surface area contributed by atoms with Crippen molar-refractivity contribution in [3.8, 4) is 11.4 Å². The molecular weight excluding hydrogens is 388 g/mol. The third kappa shape index (κ3) is 3.98. The lowest BCUT2D eigenvalue weighted by Crippen LogP contribution is -2.46. The number of urea groups is 1. The Bertz CT molecular complexity index is 1160. The topological polar surface area (TPSA) is 71.3 Å². The Morgan fingerprint density at radius 1 is 1.06 bits per heavy atom. The fraction of sp³-hybridized carbons (Fsp3) is 0.320. The van der Waals surface area contributed by atoms with Crippen molar-refractivity contribution in [1.29, 1.82) is 0 Å². The number of hydrogen-bond donors (Lipinski definition) is 1. The van der Waals surface area contributed by atoms with Crippen LogP contribution in [0.2, 0.25) is 0 Å². The van der Waals surface area contributed by atoms with Crippen LogP contribution in [-0.2, 0) is 0 Å². The second-order valence-electron chi connectivity index (χ2n) is 8.17. The minimum Gasteiger partial charge on any atom is -0.334 e. The molecule has 1 atom stereocenters. The first-order chi connectivity index (χ1) is 14.9. The highest BCUT2D eigenvalue weighted by atomic mass is 16.5. The van der Waals surface area contributed by atoms with Gasteiger partial charge in [-0.2, -0.15) is 4.98 Å². The summed E-state index contributed by atoms with van der Waals surface area (Å²) in [6.07, 6.45) is 0.852. The van der Waals surface area contributed by atoms with Crippen molar-refractivity contribution in [1.82, 2.24) is 20.4 Å². The molecule has 160 valence electrons. The second-order valence-corrected chi connectivity index (χ2v) is 8.17. The molecule has 0 saturated carbocycles. The summed E-state index contributed by atoms with van der Waals surface area (Å²) < 4.78 is 5.74. The number of aryl methyl sites for hydroxylation is 3. The lowest BCUT2D eigenvalue weighted by atomic mass is 9.92. The van der Waals surface area contributed by atoms with Crippen molar-refractivity contribution in [2.24, 2.45) is 0 Å². The van der Waals surface area contributed by atoms with E-state index in [1.54, 1.807) is 4.90 Å². The summed E-state index contributed by atoms with van der Waals surface area (Å²) in [7, 11) is 0. The van der Waals surface area contributed by atoms with Crippen LogP contribution in [0.1, 0.15) is 54.5 Å². The molecule has 4 rings (SSSR count). The minimum atomic E-state index is -0.356. The normalized spacial score (nSPS) is 16.6. The molecule has 6 nitrogen and oxygen atoms in total. The van der Waals surface area contributed by atoms with E-state index in [0.29, 0.717) is 18.3 Å². The van der Waals surface area contributed by atoms with Crippen LogP contribution in [0, 0.1) is 20.8 Å². The molecule has 1 aromatic heterocycles. The molecule has 0 bridgehead atoms. The number of amides is 2. The fourth-order valence-electron chi connectivity index (χ4n) is 3.98. The van der Waals surface area contributed by atoms with Crippen molar-refractivity contribution >= 4 is 11.6 Å². The number of nitrogens with zero attached hydrogens (tertiary/aromatic N) is 3. The second kappa shape index (κ2) is 8.38. The Labute approximate surface area is 183 Å². The Kier molecular flexibility index (Phi) is 5.63. The first-order valence-electron chi connectivity index (χ1n) is 10.7. The van der Waals surface area contributed by atoms with E-state index in [0.717, 1.165) is 34.4 Å². The third-order valence-corrected chi connectivity index (χ3v) is 5.84. The predicted octanol–water partition coefficient (Wildman–Crippen LogP) is 5.57. The van der Waals surface area contributed by atoms with E-state index >= 15 is 0 Å². The van der Waals surface area contributed by atoms with Gasteiger partial charge in [-0.25, -0.2) is 4.79 Å². The summed E-state index contributed by atoms with van der Waals surface area (Å²) in [5.41, 5.74) is 7.09. The third-order valence-electron chi connectivity index (χ3n) is 5.84. The smallest absolute Gasteiger partial charge is 0.322 e. The average Bonchev–Trinajstić information content (AvgIpc) is 3.22. The minimum absolute atomic E-state index is 0.107. The van der Waals surface area contributed by atoms with Crippen LogP contribution in [0.3, 0.4) is 0 Å². The van der Waals surface area contributed by atoms with Crippen LogP contribution < -0.4 is 5.32 Å². The molecule has 0 fully saturated rings. The molecule has 0 saturated heterocycles. The Hall–Kier alpha value is -3.41. The number of nitrogens with one attached hydrogen (secondary N) is 1. The van der Waals surface area contributed by atoms with Gasteiger partial charge in [0.1, 0.15) is 0 Å². The van der Waals surface area contributed by atoms with E-state index in [2.05, 4.69) is 43.4 Å². The lowest BCUT2D eigenvalue weighted by Gasteiger charge is -2.35. The number of hydrogen-bond acceptors (Lipinski definition) is 4. The largest absolute Gasteiger partial charge is 0.334 e. The molecule has 6 heteroatoms. The lowest BCUT2D eigenvalue weighted by molar-refractivity contribution is 0.205. The molecule has 0 radical (unpaired) electrons. The Morgan fingerprint density at radius 3 is 2.58 bits per heavy atom. The van der Waals surface area contributed by atoms with E-state index in [1.165, 1.54) is 11.1 Å². The Balaban J connectivity index is 1.83. The molecule has 31 heavy (non-hydrogen) atoms. The van der Waals surface area contributed by atoms with E-state index in [-0.39, 0.29) is 12.1 Å². The van der Waals surface area contributed by atoms with Crippen LogP contribution in [0.4, 0.5) is 4.79 Å². The van der Waals surface area contributed by atoms with Crippen molar-refractivity contribution in [2.45, 2.75) is 47.1 Å². The highest BCUT2D eigenvalue weighted by Gasteiger charge is 2.35. The van der Waals surface area contributed by atoms with Gasteiger partial charge in [0.15, 0.2) is 0 Å². The van der Waals surface area contributed by atoms with E-state index in [1.807, 2.05) is 44.2 Å². The molecule has 1 unspecified atom stereocenters. The van der Waals surface area contributed by atoms with E-state index < -0.39 is 0 Å². The fourth-order valence-corrected chi connectivity index (χ4v) is 3.98. The van der Waals surface area contributed by atoms with Gasteiger partial charge in [-0.1, -0.05) is 54.0 Å². The monoisotopic (exact) mass is 416 g/mol. The average molecular weight is 417 g/mol. The molecule has 2 heterocycles. The van der Waals surface area contributed by atoms with Gasteiger partial charge in [0.05, 0.1) is 11.6 Å². The molecule has 2 amide bonds. The van der Waals surface area contributed by atoms with Crippen molar-refractivity contribution in [2.75, 3.05) is 6.54 Å². The van der Waals surface area contributed by atoms with Crippen molar-refractivity contribution in [3.05, 3.63) is 76.3 Å². The van der Waals surface area contributed by atoms with Gasteiger partial charge in [0, 0.05) is 17.8 Å². The Morgan fingerprint density at radius 2 is 1.87 bits per heavy atom. The molecule has 1 aliphatic heterocycles. The molecule has 1 N–H and O–H groups in total. The number of allylic oxidation sites excluding steroid dienone is 1. The van der Waals surface area contributed by atoms with Crippen LogP contribution in [0.15, 0.2) is 52.7 Å². The maximum absolute atomic E-state index is 12.9. The quantitative estimate of drug-likeness (QED) is 0.590. The highest BCUT2D eigenvalue weighted by Crippen LogP contribution is 2.37. The first kappa shape index (κ1) is 20.8. The SMILES string of the molecule is CCCN1C(=O)NC(c2ccc(C)c(C)c2)C(c2nc(-c3cccc(C)c3)no2)=C1C. The molecule has 3 aromatic rings. The number of rotatable bonds is 5. The summed E-state index contributed by atoms with van der Waals surface area (Å²) in [4.78, 5) is 19.4. The zero-order valence-corrected chi connectivity index (χ0v) is 18.7. The van der Waals surface area contributed by atoms with Crippen LogP contribution in [0.25, 0.3) is 17.0 Å². The molecule has 1 aliphatic rings. The zero-order chi connectivity index (χ0) is 22.1. The van der Waals surface area contributed by atoms with Gasteiger partial charge in [-0.05, 0) is 56.9 Å². The summed E-state index contributed by atoms with van der Waals surface area (Å²) in [6, 6.07) is 13.8. The number of benzene rings is 2. The van der Waals surface area contributed by atoms with Crippen LogP contribution in [0.5, 0.6) is 0 Å². The highest BCUT2D eigenvalue weighted by molar-refractivity contribution is 5.86.